The summed E-state index contributed by atoms with van der Waals surface area (Å²) in [6.07, 6.45) is 1.19. The van der Waals surface area contributed by atoms with Crippen molar-refractivity contribution < 1.29 is 8.78 Å². The number of halogens is 2. The number of fused-ring (bicyclic) bond motifs is 1. The Morgan fingerprint density at radius 1 is 1.12 bits per heavy atom. The number of allylic oxidation sites excluding steroid dienone is 4. The normalized spacial score (nSPS) is 11.8. The van der Waals surface area contributed by atoms with Gasteiger partial charge >= 0.3 is 0 Å². The van der Waals surface area contributed by atoms with E-state index in [1.807, 2.05) is 52.8 Å². The van der Waals surface area contributed by atoms with Crippen LogP contribution in [0.4, 0.5) is 8.78 Å². The Labute approximate surface area is 155 Å². The molecule has 0 radical (unpaired) electrons. The Hall–Kier alpha value is -2.23. The fourth-order valence-electron chi connectivity index (χ4n) is 2.60. The monoisotopic (exact) mass is 363 g/mol. The average molecular weight is 363 g/mol. The van der Waals surface area contributed by atoms with E-state index in [-0.39, 0.29) is 12.1 Å². The van der Waals surface area contributed by atoms with Gasteiger partial charge in [0.25, 0.3) is 5.56 Å². The summed E-state index contributed by atoms with van der Waals surface area (Å²) in [6.45, 7) is 14.6. The number of hydrogen-bond acceptors (Lipinski definition) is 1. The smallest absolute Gasteiger partial charge is 0.263 e. The van der Waals surface area contributed by atoms with E-state index in [4.69, 9.17) is 0 Å². The molecular formula is C22H31F2NO. The largest absolute Gasteiger partial charge is 0.276 e. The summed E-state index contributed by atoms with van der Waals surface area (Å²) in [7, 11) is 0. The second kappa shape index (κ2) is 11.4. The molecule has 0 amide bonds. The predicted molar refractivity (Wildman–Crippen MR) is 110 cm³/mol. The molecule has 0 atom stereocenters. The first kappa shape index (κ1) is 23.8. The summed E-state index contributed by atoms with van der Waals surface area (Å²) in [5.41, 5.74) is 0.591. The van der Waals surface area contributed by atoms with Gasteiger partial charge in [0.2, 0.25) is 0 Å². The number of nitrogens with zero attached hydrogens (tertiary/aromatic N) is 1. The number of aromatic nitrogens is 1. The summed E-state index contributed by atoms with van der Waals surface area (Å²) in [4.78, 5) is 12.8. The molecule has 144 valence electrons. The molecule has 0 aliphatic heterocycles. The van der Waals surface area contributed by atoms with Crippen LogP contribution in [0.1, 0.15) is 59.2 Å². The zero-order valence-electron chi connectivity index (χ0n) is 17.2. The highest BCUT2D eigenvalue weighted by Crippen LogP contribution is 2.26. The van der Waals surface area contributed by atoms with Gasteiger partial charge in [-0.15, -0.1) is 0 Å². The van der Waals surface area contributed by atoms with E-state index in [1.54, 1.807) is 19.9 Å². The third-order valence-corrected chi connectivity index (χ3v) is 3.71. The van der Waals surface area contributed by atoms with Crippen molar-refractivity contribution in [2.24, 2.45) is 0 Å². The molecule has 1 aromatic carbocycles. The number of benzene rings is 1. The molecule has 26 heavy (non-hydrogen) atoms. The van der Waals surface area contributed by atoms with E-state index in [2.05, 4.69) is 0 Å². The Kier molecular flexibility index (Phi) is 10.4. The molecule has 0 aliphatic rings. The number of pyridine rings is 1. The number of rotatable bonds is 3. The van der Waals surface area contributed by atoms with Crippen LogP contribution in [0.3, 0.4) is 0 Å². The van der Waals surface area contributed by atoms with Crippen molar-refractivity contribution in [2.45, 2.75) is 61.8 Å². The fourth-order valence-corrected chi connectivity index (χ4v) is 2.60. The van der Waals surface area contributed by atoms with Crippen LogP contribution in [0.15, 0.2) is 46.8 Å². The lowest BCUT2D eigenvalue weighted by Gasteiger charge is -2.16. The van der Waals surface area contributed by atoms with E-state index >= 15 is 0 Å². The van der Waals surface area contributed by atoms with Crippen molar-refractivity contribution in [1.29, 1.82) is 0 Å². The highest BCUT2D eigenvalue weighted by Gasteiger charge is 2.18. The van der Waals surface area contributed by atoms with Crippen LogP contribution in [0.5, 0.6) is 0 Å². The molecular weight excluding hydrogens is 332 g/mol. The Morgan fingerprint density at radius 2 is 1.69 bits per heavy atom. The van der Waals surface area contributed by atoms with Crippen LogP contribution in [-0.4, -0.2) is 4.57 Å². The molecule has 0 bridgehead atoms. The number of hydrogen-bond donors (Lipinski definition) is 0. The lowest BCUT2D eigenvalue weighted by Crippen LogP contribution is -2.23. The van der Waals surface area contributed by atoms with Crippen LogP contribution in [0, 0.1) is 13.8 Å². The average Bonchev–Trinajstić information content (AvgIpc) is 2.67. The van der Waals surface area contributed by atoms with E-state index in [0.29, 0.717) is 11.1 Å². The van der Waals surface area contributed by atoms with Gasteiger partial charge < -0.3 is 0 Å². The maximum Gasteiger partial charge on any atom is 0.263 e. The van der Waals surface area contributed by atoms with Crippen LogP contribution in [0.2, 0.25) is 0 Å². The standard InChI is InChI=1S/C18H19F2NO.2C2H6/c1-5-14(19)17(15(20)6-2)21-12(4)10-13-9-7-8-11(3)16(13)18(21)22;2*1-2/h5,7-10H,6H2,1-4H3;2*1-2H3/b14-5+,17-15-;;. The summed E-state index contributed by atoms with van der Waals surface area (Å²) >= 11 is 0. The lowest BCUT2D eigenvalue weighted by atomic mass is 10.1. The van der Waals surface area contributed by atoms with Crippen LogP contribution in [0.25, 0.3) is 16.5 Å². The Balaban J connectivity index is 0.00000146. The fraction of sp³-hybridized carbons (Fsp3) is 0.409. The molecule has 4 heteroatoms. The van der Waals surface area contributed by atoms with Gasteiger partial charge in [0, 0.05) is 5.69 Å². The highest BCUT2D eigenvalue weighted by atomic mass is 19.1. The minimum atomic E-state index is -0.738. The summed E-state index contributed by atoms with van der Waals surface area (Å²) in [5, 5.41) is 1.26. The molecule has 2 rings (SSSR count). The molecule has 0 aliphatic carbocycles. The summed E-state index contributed by atoms with van der Waals surface area (Å²) in [5.74, 6) is -1.38. The van der Waals surface area contributed by atoms with Crippen molar-refractivity contribution in [1.82, 2.24) is 4.57 Å². The van der Waals surface area contributed by atoms with Crippen molar-refractivity contribution in [3.63, 3.8) is 0 Å². The third-order valence-electron chi connectivity index (χ3n) is 3.71. The van der Waals surface area contributed by atoms with Crippen molar-refractivity contribution in [3.05, 3.63) is 63.6 Å². The van der Waals surface area contributed by atoms with Crippen molar-refractivity contribution in [2.75, 3.05) is 0 Å². The van der Waals surface area contributed by atoms with Crippen molar-refractivity contribution in [3.8, 4) is 0 Å². The lowest BCUT2D eigenvalue weighted by molar-refractivity contribution is 0.580. The first-order chi connectivity index (χ1) is 12.4. The topological polar surface area (TPSA) is 22.0 Å². The van der Waals surface area contributed by atoms with E-state index in [0.717, 1.165) is 15.5 Å². The van der Waals surface area contributed by atoms with Gasteiger partial charge in [0.15, 0.2) is 0 Å². The molecule has 0 N–H and O–H groups in total. The summed E-state index contributed by atoms with van der Waals surface area (Å²) < 4.78 is 29.5. The molecule has 0 saturated carbocycles. The molecule has 0 spiro atoms. The first-order valence-electron chi connectivity index (χ1n) is 9.25. The zero-order chi connectivity index (χ0) is 20.4. The van der Waals surface area contributed by atoms with Gasteiger partial charge in [-0.05, 0) is 50.3 Å². The van der Waals surface area contributed by atoms with Crippen LogP contribution >= 0.6 is 0 Å². The third kappa shape index (κ3) is 4.90. The van der Waals surface area contributed by atoms with E-state index in [9.17, 15) is 13.6 Å². The van der Waals surface area contributed by atoms with Crippen LogP contribution in [-0.2, 0) is 0 Å². The highest BCUT2D eigenvalue weighted by molar-refractivity contribution is 5.86. The van der Waals surface area contributed by atoms with E-state index < -0.39 is 17.2 Å². The predicted octanol–water partition coefficient (Wildman–Crippen LogP) is 7.09. The minimum absolute atomic E-state index is 0.0221. The SMILES string of the molecule is C/C=C(F)\C(=C(\F)CC)n1c(C)cc2cccc(C)c2c1=O.CC.CC. The van der Waals surface area contributed by atoms with Crippen LogP contribution < -0.4 is 5.56 Å². The van der Waals surface area contributed by atoms with Gasteiger partial charge in [-0.2, -0.15) is 0 Å². The maximum absolute atomic E-state index is 14.2. The van der Waals surface area contributed by atoms with E-state index in [1.165, 1.54) is 13.0 Å². The first-order valence-corrected chi connectivity index (χ1v) is 9.25. The summed E-state index contributed by atoms with van der Waals surface area (Å²) in [6, 6.07) is 7.27. The molecule has 2 nitrogen and oxygen atoms in total. The second-order valence-electron chi connectivity index (χ2n) is 5.21. The Bertz CT molecular complexity index is 845. The Morgan fingerprint density at radius 3 is 2.19 bits per heavy atom. The minimum Gasteiger partial charge on any atom is -0.276 e. The zero-order valence-corrected chi connectivity index (χ0v) is 17.2. The van der Waals surface area contributed by atoms with Gasteiger partial charge in [-0.1, -0.05) is 52.8 Å². The molecule has 0 unspecified atom stereocenters. The maximum atomic E-state index is 14.2. The molecule has 0 saturated heterocycles. The van der Waals surface area contributed by atoms with Crippen molar-refractivity contribution >= 4 is 16.5 Å². The van der Waals surface area contributed by atoms with Gasteiger partial charge in [-0.25, -0.2) is 8.78 Å². The second-order valence-corrected chi connectivity index (χ2v) is 5.21. The van der Waals surface area contributed by atoms with Gasteiger partial charge in [0.1, 0.15) is 17.4 Å². The van der Waals surface area contributed by atoms with Gasteiger partial charge in [-0.3, -0.25) is 9.36 Å². The molecule has 2 aromatic rings. The molecule has 1 aromatic heterocycles. The quantitative estimate of drug-likeness (QED) is 0.533. The number of aryl methyl sites for hydroxylation is 2. The molecule has 1 heterocycles. The molecule has 0 fully saturated rings. The van der Waals surface area contributed by atoms with Gasteiger partial charge in [0.05, 0.1) is 5.39 Å².